The van der Waals surface area contributed by atoms with Crippen LogP contribution in [0, 0.1) is 12.7 Å². The zero-order valence-corrected chi connectivity index (χ0v) is 13.3. The molecule has 6 nitrogen and oxygen atoms in total. The third kappa shape index (κ3) is 4.75. The predicted molar refractivity (Wildman–Crippen MR) is 83.3 cm³/mol. The van der Waals surface area contributed by atoms with Crippen LogP contribution in [0.15, 0.2) is 23.6 Å². The Morgan fingerprint density at radius 3 is 2.78 bits per heavy atom. The standard InChI is InChI=1S/C15H15FN2O4S/c1-8(15(20)21)22-13-4-3-10(5-12(13)16)18-14(19)6-11-7-23-9(2)17-11/h3-5,7-8H,6H2,1-2H3,(H,18,19)(H,20,21). The number of anilines is 1. The van der Waals surface area contributed by atoms with E-state index in [1.54, 1.807) is 5.38 Å². The molecule has 0 saturated heterocycles. The molecule has 1 atom stereocenters. The molecule has 0 radical (unpaired) electrons. The Balaban J connectivity index is 1.99. The van der Waals surface area contributed by atoms with E-state index in [4.69, 9.17) is 9.84 Å². The molecule has 0 spiro atoms. The largest absolute Gasteiger partial charge is 0.479 e. The molecule has 1 unspecified atom stereocenters. The summed E-state index contributed by atoms with van der Waals surface area (Å²) in [5.74, 6) is -2.45. The maximum Gasteiger partial charge on any atom is 0.344 e. The van der Waals surface area contributed by atoms with Crippen molar-refractivity contribution in [2.24, 2.45) is 0 Å². The maximum absolute atomic E-state index is 13.9. The molecule has 2 rings (SSSR count). The molecular formula is C15H15FN2O4S. The van der Waals surface area contributed by atoms with Crippen molar-refractivity contribution in [3.63, 3.8) is 0 Å². The molecule has 8 heteroatoms. The van der Waals surface area contributed by atoms with Crippen molar-refractivity contribution in [3.8, 4) is 5.75 Å². The second-order valence-corrected chi connectivity index (χ2v) is 5.89. The highest BCUT2D eigenvalue weighted by Crippen LogP contribution is 2.22. The minimum absolute atomic E-state index is 0.0975. The van der Waals surface area contributed by atoms with Crippen molar-refractivity contribution in [2.45, 2.75) is 26.4 Å². The van der Waals surface area contributed by atoms with Crippen molar-refractivity contribution in [1.82, 2.24) is 4.98 Å². The smallest absolute Gasteiger partial charge is 0.344 e. The highest BCUT2D eigenvalue weighted by molar-refractivity contribution is 7.09. The van der Waals surface area contributed by atoms with Gasteiger partial charge in [-0.05, 0) is 26.0 Å². The first kappa shape index (κ1) is 16.9. The quantitative estimate of drug-likeness (QED) is 0.845. The van der Waals surface area contributed by atoms with Crippen molar-refractivity contribution in [3.05, 3.63) is 40.1 Å². The minimum atomic E-state index is -1.19. The van der Waals surface area contributed by atoms with Crippen LogP contribution in [0.5, 0.6) is 5.75 Å². The molecule has 0 aliphatic heterocycles. The van der Waals surface area contributed by atoms with Gasteiger partial charge in [0.15, 0.2) is 17.7 Å². The van der Waals surface area contributed by atoms with Crippen LogP contribution in [0.4, 0.5) is 10.1 Å². The molecule has 0 aliphatic carbocycles. The van der Waals surface area contributed by atoms with Crippen LogP contribution in [0.1, 0.15) is 17.6 Å². The van der Waals surface area contributed by atoms with E-state index in [9.17, 15) is 14.0 Å². The second kappa shape index (κ2) is 7.19. The molecule has 1 amide bonds. The molecule has 23 heavy (non-hydrogen) atoms. The molecule has 0 fully saturated rings. The number of nitrogens with zero attached hydrogens (tertiary/aromatic N) is 1. The Bertz CT molecular complexity index is 732. The van der Waals surface area contributed by atoms with Crippen molar-refractivity contribution in [2.75, 3.05) is 5.32 Å². The van der Waals surface area contributed by atoms with Crippen LogP contribution in [-0.2, 0) is 16.0 Å². The predicted octanol–water partition coefficient (Wildman–Crippen LogP) is 2.62. The monoisotopic (exact) mass is 338 g/mol. The molecule has 0 aliphatic rings. The van der Waals surface area contributed by atoms with E-state index in [-0.39, 0.29) is 23.8 Å². The number of carbonyl (C=O) groups excluding carboxylic acids is 1. The Hall–Kier alpha value is -2.48. The van der Waals surface area contributed by atoms with Crippen molar-refractivity contribution < 1.29 is 23.8 Å². The molecule has 1 aromatic heterocycles. The van der Waals surface area contributed by atoms with Crippen LogP contribution in [0.2, 0.25) is 0 Å². The Kier molecular flexibility index (Phi) is 5.28. The van der Waals surface area contributed by atoms with Crippen LogP contribution in [-0.4, -0.2) is 28.1 Å². The van der Waals surface area contributed by atoms with Gasteiger partial charge in [0.1, 0.15) is 0 Å². The van der Waals surface area contributed by atoms with E-state index >= 15 is 0 Å². The fraction of sp³-hybridized carbons (Fsp3) is 0.267. The van der Waals surface area contributed by atoms with Gasteiger partial charge in [0.2, 0.25) is 5.91 Å². The van der Waals surface area contributed by atoms with E-state index in [1.165, 1.54) is 30.4 Å². The average molecular weight is 338 g/mol. The van der Waals surface area contributed by atoms with Gasteiger partial charge in [-0.1, -0.05) is 0 Å². The molecule has 0 bridgehead atoms. The number of ether oxygens (including phenoxy) is 1. The summed E-state index contributed by atoms with van der Waals surface area (Å²) in [6, 6.07) is 3.79. The van der Waals surface area contributed by atoms with Gasteiger partial charge in [-0.3, -0.25) is 4.79 Å². The number of nitrogens with one attached hydrogen (secondary N) is 1. The number of amides is 1. The van der Waals surface area contributed by atoms with Crippen LogP contribution >= 0.6 is 11.3 Å². The van der Waals surface area contributed by atoms with Gasteiger partial charge in [0.05, 0.1) is 17.1 Å². The Morgan fingerprint density at radius 2 is 2.22 bits per heavy atom. The second-order valence-electron chi connectivity index (χ2n) is 4.83. The van der Waals surface area contributed by atoms with E-state index < -0.39 is 17.9 Å². The highest BCUT2D eigenvalue weighted by Gasteiger charge is 2.16. The summed E-state index contributed by atoms with van der Waals surface area (Å²) < 4.78 is 18.8. The molecule has 1 heterocycles. The number of aliphatic carboxylic acids is 1. The summed E-state index contributed by atoms with van der Waals surface area (Å²) in [5.41, 5.74) is 0.912. The summed E-state index contributed by atoms with van der Waals surface area (Å²) in [6.45, 7) is 3.14. The van der Waals surface area contributed by atoms with Crippen LogP contribution < -0.4 is 10.1 Å². The number of hydrogen-bond donors (Lipinski definition) is 2. The van der Waals surface area contributed by atoms with Gasteiger partial charge in [0.25, 0.3) is 0 Å². The topological polar surface area (TPSA) is 88.5 Å². The van der Waals surface area contributed by atoms with Crippen molar-refractivity contribution >= 4 is 28.9 Å². The summed E-state index contributed by atoms with van der Waals surface area (Å²) in [7, 11) is 0. The molecule has 1 aromatic carbocycles. The number of carboxylic acids is 1. The average Bonchev–Trinajstić information content (AvgIpc) is 2.86. The first-order valence-electron chi connectivity index (χ1n) is 6.75. The van der Waals surface area contributed by atoms with Crippen LogP contribution in [0.3, 0.4) is 0 Å². The fourth-order valence-corrected chi connectivity index (χ4v) is 2.39. The van der Waals surface area contributed by atoms with Gasteiger partial charge in [-0.15, -0.1) is 11.3 Å². The lowest BCUT2D eigenvalue weighted by Crippen LogP contribution is -2.23. The van der Waals surface area contributed by atoms with Crippen LogP contribution in [0.25, 0.3) is 0 Å². The number of carbonyl (C=O) groups is 2. The number of halogens is 1. The first-order chi connectivity index (χ1) is 10.8. The SMILES string of the molecule is Cc1nc(CC(=O)Nc2ccc(OC(C)C(=O)O)c(F)c2)cs1. The highest BCUT2D eigenvalue weighted by atomic mass is 32.1. The summed E-state index contributed by atoms with van der Waals surface area (Å²) in [5, 5.41) is 14.0. The van der Waals surface area contributed by atoms with Gasteiger partial charge in [-0.2, -0.15) is 0 Å². The molecule has 0 saturated carbocycles. The lowest BCUT2D eigenvalue weighted by Gasteiger charge is -2.12. The Morgan fingerprint density at radius 1 is 1.48 bits per heavy atom. The third-order valence-corrected chi connectivity index (χ3v) is 3.70. The first-order valence-corrected chi connectivity index (χ1v) is 7.63. The number of rotatable bonds is 6. The lowest BCUT2D eigenvalue weighted by atomic mass is 10.2. The summed E-state index contributed by atoms with van der Waals surface area (Å²) in [6.07, 6.45) is -1.07. The van der Waals surface area contributed by atoms with E-state index in [2.05, 4.69) is 10.3 Å². The lowest BCUT2D eigenvalue weighted by molar-refractivity contribution is -0.144. The fourth-order valence-electron chi connectivity index (χ4n) is 1.77. The van der Waals surface area contributed by atoms with E-state index in [0.29, 0.717) is 5.69 Å². The zero-order chi connectivity index (χ0) is 17.0. The minimum Gasteiger partial charge on any atom is -0.479 e. The molecular weight excluding hydrogens is 323 g/mol. The molecule has 2 aromatic rings. The third-order valence-electron chi connectivity index (χ3n) is 2.88. The Labute approximate surface area is 135 Å². The van der Waals surface area contributed by atoms with E-state index in [1.807, 2.05) is 6.92 Å². The number of thiazole rings is 1. The number of aromatic nitrogens is 1. The van der Waals surface area contributed by atoms with Gasteiger partial charge >= 0.3 is 5.97 Å². The normalized spacial score (nSPS) is 11.8. The maximum atomic E-state index is 13.9. The van der Waals surface area contributed by atoms with E-state index in [0.717, 1.165) is 11.1 Å². The van der Waals surface area contributed by atoms with Gasteiger partial charge in [-0.25, -0.2) is 14.2 Å². The summed E-state index contributed by atoms with van der Waals surface area (Å²) >= 11 is 1.45. The number of carboxylic acid groups (broad SMARTS) is 1. The zero-order valence-electron chi connectivity index (χ0n) is 12.5. The van der Waals surface area contributed by atoms with Gasteiger partial charge < -0.3 is 15.2 Å². The number of hydrogen-bond acceptors (Lipinski definition) is 5. The summed E-state index contributed by atoms with van der Waals surface area (Å²) in [4.78, 5) is 26.8. The van der Waals surface area contributed by atoms with Gasteiger partial charge in [0, 0.05) is 17.1 Å². The van der Waals surface area contributed by atoms with Crippen molar-refractivity contribution in [1.29, 1.82) is 0 Å². The number of aryl methyl sites for hydroxylation is 1. The number of benzene rings is 1. The molecule has 122 valence electrons. The molecule has 2 N–H and O–H groups in total.